The zero-order chi connectivity index (χ0) is 23.7. The van der Waals surface area contributed by atoms with Crippen molar-refractivity contribution in [3.63, 3.8) is 0 Å². The number of ether oxygens (including phenoxy) is 4. The Balaban J connectivity index is 1.16. The van der Waals surface area contributed by atoms with Crippen molar-refractivity contribution in [1.29, 1.82) is 0 Å². The lowest BCUT2D eigenvalue weighted by molar-refractivity contribution is -0.128. The maximum absolute atomic E-state index is 12.9. The summed E-state index contributed by atoms with van der Waals surface area (Å²) in [5, 5.41) is 2.95. The van der Waals surface area contributed by atoms with Crippen molar-refractivity contribution in [2.75, 3.05) is 32.6 Å². The van der Waals surface area contributed by atoms with E-state index >= 15 is 0 Å². The third kappa shape index (κ3) is 4.36. The maximum atomic E-state index is 12.9. The first-order valence-electron chi connectivity index (χ1n) is 11.8. The van der Waals surface area contributed by atoms with Gasteiger partial charge in [0.25, 0.3) is 5.79 Å². The number of amides is 2. The van der Waals surface area contributed by atoms with Crippen LogP contribution in [0.15, 0.2) is 36.4 Å². The van der Waals surface area contributed by atoms with Crippen LogP contribution < -0.4 is 24.3 Å². The summed E-state index contributed by atoms with van der Waals surface area (Å²) in [4.78, 5) is 27.2. The first kappa shape index (κ1) is 22.4. The monoisotopic (exact) mass is 466 g/mol. The summed E-state index contributed by atoms with van der Waals surface area (Å²) in [6, 6.07) is 11.2. The molecule has 2 heterocycles. The molecule has 0 radical (unpaired) electrons. The number of anilines is 1. The van der Waals surface area contributed by atoms with Crippen molar-refractivity contribution in [3.05, 3.63) is 42.0 Å². The fourth-order valence-corrected chi connectivity index (χ4v) is 5.00. The summed E-state index contributed by atoms with van der Waals surface area (Å²) in [6.07, 6.45) is 4.83. The Labute approximate surface area is 199 Å². The van der Waals surface area contributed by atoms with Crippen molar-refractivity contribution in [3.8, 4) is 23.0 Å². The molecule has 0 bridgehead atoms. The van der Waals surface area contributed by atoms with Gasteiger partial charge in [-0.15, -0.1) is 0 Å². The Morgan fingerprint density at radius 1 is 1.06 bits per heavy atom. The molecule has 34 heavy (non-hydrogen) atoms. The number of benzene rings is 2. The third-order valence-electron chi connectivity index (χ3n) is 6.87. The highest BCUT2D eigenvalue weighted by Crippen LogP contribution is 2.47. The number of nitrogens with one attached hydrogen (secondary N) is 1. The van der Waals surface area contributed by atoms with E-state index < -0.39 is 5.79 Å². The zero-order valence-electron chi connectivity index (χ0n) is 19.6. The fraction of sp³-hybridized carbons (Fsp3) is 0.462. The minimum atomic E-state index is -0.531. The van der Waals surface area contributed by atoms with Gasteiger partial charge in [-0.3, -0.25) is 9.59 Å². The van der Waals surface area contributed by atoms with Crippen molar-refractivity contribution in [1.82, 2.24) is 4.90 Å². The number of nitrogens with zero attached hydrogens (tertiary/aromatic N) is 1. The van der Waals surface area contributed by atoms with Gasteiger partial charge in [0.2, 0.25) is 11.8 Å². The average molecular weight is 467 g/mol. The van der Waals surface area contributed by atoms with E-state index in [0.29, 0.717) is 42.4 Å². The second kappa shape index (κ2) is 9.08. The van der Waals surface area contributed by atoms with Crippen LogP contribution in [-0.4, -0.2) is 49.8 Å². The van der Waals surface area contributed by atoms with Crippen molar-refractivity contribution in [2.24, 2.45) is 5.92 Å². The fourth-order valence-electron chi connectivity index (χ4n) is 5.00. The Morgan fingerprint density at radius 3 is 2.59 bits per heavy atom. The number of methoxy groups -OCH3 is 2. The Hall–Kier alpha value is -3.42. The van der Waals surface area contributed by atoms with Crippen LogP contribution in [0.5, 0.6) is 23.0 Å². The average Bonchev–Trinajstić information content (AvgIpc) is 3.55. The molecule has 8 heteroatoms. The van der Waals surface area contributed by atoms with E-state index in [1.165, 1.54) is 0 Å². The third-order valence-corrected chi connectivity index (χ3v) is 6.87. The van der Waals surface area contributed by atoms with Crippen molar-refractivity contribution >= 4 is 17.5 Å². The van der Waals surface area contributed by atoms with Gasteiger partial charge in [-0.25, -0.2) is 0 Å². The Bertz CT molecular complexity index is 1090. The van der Waals surface area contributed by atoms with Gasteiger partial charge in [-0.2, -0.15) is 0 Å². The highest BCUT2D eigenvalue weighted by molar-refractivity contribution is 5.97. The molecule has 1 saturated carbocycles. The number of hydrogen-bond donors (Lipinski definition) is 1. The normalized spacial score (nSPS) is 20.1. The molecule has 2 aromatic carbocycles. The minimum absolute atomic E-state index is 0.00510. The molecule has 180 valence electrons. The van der Waals surface area contributed by atoms with E-state index in [-0.39, 0.29) is 24.2 Å². The number of likely N-dealkylation sites (tertiary alicyclic amines) is 1. The molecular weight excluding hydrogens is 436 g/mol. The molecule has 2 aromatic rings. The summed E-state index contributed by atoms with van der Waals surface area (Å²) < 4.78 is 22.8. The van der Waals surface area contributed by atoms with E-state index in [4.69, 9.17) is 18.9 Å². The molecule has 1 unspecified atom stereocenters. The van der Waals surface area contributed by atoms with Crippen LogP contribution in [0.1, 0.15) is 37.7 Å². The van der Waals surface area contributed by atoms with Gasteiger partial charge in [0.1, 0.15) is 0 Å². The summed E-state index contributed by atoms with van der Waals surface area (Å²) in [5.74, 6) is 1.64. The quantitative estimate of drug-likeness (QED) is 0.669. The van der Waals surface area contributed by atoms with E-state index in [1.807, 2.05) is 36.4 Å². The van der Waals surface area contributed by atoms with E-state index in [0.717, 1.165) is 37.0 Å². The SMILES string of the molecule is COc1ccc(CCN2CC(C(=O)Nc3ccc4c(c3)OC3(CCCC3)O4)CC2=O)cc1OC. The van der Waals surface area contributed by atoms with Crippen LogP contribution in [0, 0.1) is 5.92 Å². The lowest BCUT2D eigenvalue weighted by Crippen LogP contribution is -2.34. The van der Waals surface area contributed by atoms with Crippen molar-refractivity contribution in [2.45, 2.75) is 44.3 Å². The first-order chi connectivity index (χ1) is 16.5. The standard InChI is InChI=1S/C26H30N2O6/c1-31-20-7-5-17(13-22(20)32-2)9-12-28-16-18(14-24(28)29)25(30)27-19-6-8-21-23(15-19)34-26(33-21)10-3-4-11-26/h5-8,13,15,18H,3-4,9-12,14,16H2,1-2H3,(H,27,30). The Morgan fingerprint density at radius 2 is 1.82 bits per heavy atom. The molecule has 8 nitrogen and oxygen atoms in total. The van der Waals surface area contributed by atoms with Crippen LogP contribution in [-0.2, 0) is 16.0 Å². The largest absolute Gasteiger partial charge is 0.493 e. The predicted octanol–water partition coefficient (Wildman–Crippen LogP) is 3.78. The van der Waals surface area contributed by atoms with Crippen LogP contribution in [0.3, 0.4) is 0 Å². The molecular formula is C26H30N2O6. The van der Waals surface area contributed by atoms with Gasteiger partial charge >= 0.3 is 0 Å². The molecule has 1 spiro atoms. The molecule has 1 N–H and O–H groups in total. The molecule has 3 aliphatic rings. The van der Waals surface area contributed by atoms with E-state index in [2.05, 4.69) is 5.32 Å². The predicted molar refractivity (Wildman–Crippen MR) is 125 cm³/mol. The lowest BCUT2D eigenvalue weighted by Gasteiger charge is -2.21. The van der Waals surface area contributed by atoms with Gasteiger partial charge in [-0.05, 0) is 49.1 Å². The topological polar surface area (TPSA) is 86.3 Å². The molecule has 2 amide bonds. The van der Waals surface area contributed by atoms with Gasteiger partial charge in [0, 0.05) is 44.1 Å². The molecule has 1 atom stereocenters. The van der Waals surface area contributed by atoms with Crippen molar-refractivity contribution < 1.29 is 28.5 Å². The number of carbonyl (C=O) groups excluding carboxylic acids is 2. The highest BCUT2D eigenvalue weighted by Gasteiger charge is 2.44. The molecule has 1 saturated heterocycles. The van der Waals surface area contributed by atoms with Gasteiger partial charge < -0.3 is 29.2 Å². The highest BCUT2D eigenvalue weighted by atomic mass is 16.7. The van der Waals surface area contributed by atoms with E-state index in [9.17, 15) is 9.59 Å². The molecule has 5 rings (SSSR count). The van der Waals surface area contributed by atoms with Gasteiger partial charge in [0.05, 0.1) is 20.1 Å². The summed E-state index contributed by atoms with van der Waals surface area (Å²) in [7, 11) is 3.20. The summed E-state index contributed by atoms with van der Waals surface area (Å²) in [5.41, 5.74) is 1.69. The van der Waals surface area contributed by atoms with Crippen LogP contribution >= 0.6 is 0 Å². The van der Waals surface area contributed by atoms with Gasteiger partial charge in [0.15, 0.2) is 23.0 Å². The van der Waals surface area contributed by atoms with Crippen LogP contribution in [0.2, 0.25) is 0 Å². The van der Waals surface area contributed by atoms with Gasteiger partial charge in [-0.1, -0.05) is 6.07 Å². The number of fused-ring (bicyclic) bond motifs is 1. The zero-order valence-corrected chi connectivity index (χ0v) is 19.6. The Kier molecular flexibility index (Phi) is 5.98. The maximum Gasteiger partial charge on any atom is 0.251 e. The lowest BCUT2D eigenvalue weighted by atomic mass is 10.1. The number of carbonyl (C=O) groups is 2. The van der Waals surface area contributed by atoms with E-state index in [1.54, 1.807) is 19.1 Å². The number of hydrogen-bond acceptors (Lipinski definition) is 6. The molecule has 1 aliphatic carbocycles. The molecule has 2 aliphatic heterocycles. The van der Waals surface area contributed by atoms with Crippen LogP contribution in [0.4, 0.5) is 5.69 Å². The number of rotatable bonds is 7. The van der Waals surface area contributed by atoms with Crippen LogP contribution in [0.25, 0.3) is 0 Å². The first-order valence-corrected chi connectivity index (χ1v) is 11.8. The summed E-state index contributed by atoms with van der Waals surface area (Å²) in [6.45, 7) is 0.954. The molecule has 2 fully saturated rings. The smallest absolute Gasteiger partial charge is 0.251 e. The second-order valence-corrected chi connectivity index (χ2v) is 9.15. The second-order valence-electron chi connectivity index (χ2n) is 9.15. The minimum Gasteiger partial charge on any atom is -0.493 e. The molecule has 0 aromatic heterocycles. The summed E-state index contributed by atoms with van der Waals surface area (Å²) >= 11 is 0.